The summed E-state index contributed by atoms with van der Waals surface area (Å²) >= 11 is 0. The number of carbonyl (C=O) groups excluding carboxylic acids is 2. The molecule has 1 atom stereocenters. The minimum absolute atomic E-state index is 0.129. The molecule has 0 aromatic carbocycles. The number of unbranched alkanes of at least 4 members (excludes halogenated alkanes) is 11. The monoisotopic (exact) mass is 773 g/mol. The fourth-order valence-electron chi connectivity index (χ4n) is 5.54. The van der Waals surface area contributed by atoms with Gasteiger partial charge in [-0.15, -0.1) is 0 Å². The molecule has 0 spiro atoms. The second-order valence-corrected chi connectivity index (χ2v) is 14.0. The van der Waals surface area contributed by atoms with E-state index in [9.17, 15) is 14.7 Å². The maximum absolute atomic E-state index is 12.2. The zero-order valence-electron chi connectivity index (χ0n) is 35.6. The Morgan fingerprint density at radius 3 is 1.16 bits per heavy atom. The first kappa shape index (κ1) is 52.3. The van der Waals surface area contributed by atoms with E-state index >= 15 is 0 Å². The number of hydrogen-bond acceptors (Lipinski definition) is 5. The van der Waals surface area contributed by atoms with Crippen molar-refractivity contribution in [3.8, 4) is 0 Å². The third-order valence-corrected chi connectivity index (χ3v) is 8.78. The van der Waals surface area contributed by atoms with E-state index in [1.807, 2.05) is 6.08 Å². The van der Waals surface area contributed by atoms with Gasteiger partial charge in [0, 0.05) is 6.42 Å². The Morgan fingerprint density at radius 1 is 0.429 bits per heavy atom. The average Bonchev–Trinajstić information content (AvgIpc) is 3.20. The number of esters is 2. The molecule has 0 fully saturated rings. The van der Waals surface area contributed by atoms with Crippen LogP contribution in [-0.4, -0.2) is 36.4 Å². The normalized spacial score (nSPS) is 13.4. The highest BCUT2D eigenvalue weighted by atomic mass is 16.6. The summed E-state index contributed by atoms with van der Waals surface area (Å²) in [6.07, 6.45) is 67.3. The fraction of sp³-hybridized carbons (Fsp3) is 0.569. The first-order chi connectivity index (χ1) is 27.6. The van der Waals surface area contributed by atoms with E-state index in [1.165, 1.54) is 57.8 Å². The molecule has 0 bridgehead atoms. The van der Waals surface area contributed by atoms with Gasteiger partial charge < -0.3 is 14.6 Å². The van der Waals surface area contributed by atoms with Gasteiger partial charge in [0.15, 0.2) is 6.10 Å². The molecule has 314 valence electrons. The zero-order chi connectivity index (χ0) is 40.7. The Morgan fingerprint density at radius 2 is 0.768 bits per heavy atom. The van der Waals surface area contributed by atoms with Crippen molar-refractivity contribution in [2.45, 2.75) is 174 Å². The van der Waals surface area contributed by atoms with E-state index in [4.69, 9.17) is 9.47 Å². The summed E-state index contributed by atoms with van der Waals surface area (Å²) < 4.78 is 10.5. The lowest BCUT2D eigenvalue weighted by Gasteiger charge is -2.15. The molecular formula is C51H80O5. The molecule has 0 heterocycles. The average molecular weight is 773 g/mol. The molecular weight excluding hydrogens is 693 g/mol. The van der Waals surface area contributed by atoms with Crippen molar-refractivity contribution in [3.05, 3.63) is 122 Å². The highest BCUT2D eigenvalue weighted by molar-refractivity contribution is 5.71. The van der Waals surface area contributed by atoms with Gasteiger partial charge in [-0.25, -0.2) is 0 Å². The van der Waals surface area contributed by atoms with Crippen LogP contribution in [0.1, 0.15) is 168 Å². The number of hydrogen-bond donors (Lipinski definition) is 1. The lowest BCUT2D eigenvalue weighted by Crippen LogP contribution is -2.28. The van der Waals surface area contributed by atoms with Crippen LogP contribution in [0.3, 0.4) is 0 Å². The number of aliphatic hydroxyl groups is 1. The highest BCUT2D eigenvalue weighted by Gasteiger charge is 2.15. The Balaban J connectivity index is 3.65. The van der Waals surface area contributed by atoms with Crippen molar-refractivity contribution in [1.82, 2.24) is 0 Å². The SMILES string of the molecule is CC/C=C\C/C=C\C/C=C\C/C=C\C/C=C\CCCCCCCCCCCCCC(=O)OC(CO)COC(=O)C/C=C\C/C=C\C/C=C\C/C=C\C/C=C\CC. The van der Waals surface area contributed by atoms with Crippen LogP contribution in [0.25, 0.3) is 0 Å². The number of carbonyl (C=O) groups is 2. The van der Waals surface area contributed by atoms with Crippen molar-refractivity contribution in [2.24, 2.45) is 0 Å². The Bertz CT molecular complexity index is 1190. The van der Waals surface area contributed by atoms with Gasteiger partial charge in [-0.05, 0) is 83.5 Å². The molecule has 5 heteroatoms. The molecule has 0 aliphatic heterocycles. The van der Waals surface area contributed by atoms with Gasteiger partial charge in [-0.3, -0.25) is 9.59 Å². The van der Waals surface area contributed by atoms with E-state index in [1.54, 1.807) is 6.08 Å². The molecule has 1 N–H and O–H groups in total. The van der Waals surface area contributed by atoms with Gasteiger partial charge in [0.1, 0.15) is 6.61 Å². The van der Waals surface area contributed by atoms with E-state index in [2.05, 4.69) is 123 Å². The van der Waals surface area contributed by atoms with Crippen molar-refractivity contribution in [3.63, 3.8) is 0 Å². The maximum Gasteiger partial charge on any atom is 0.309 e. The van der Waals surface area contributed by atoms with Crippen LogP contribution in [0.2, 0.25) is 0 Å². The molecule has 56 heavy (non-hydrogen) atoms. The molecule has 0 aromatic heterocycles. The molecule has 0 aliphatic rings. The number of allylic oxidation sites excluding steroid dienone is 19. The molecule has 0 rings (SSSR count). The maximum atomic E-state index is 12.2. The van der Waals surface area contributed by atoms with Gasteiger partial charge in [0.25, 0.3) is 0 Å². The lowest BCUT2D eigenvalue weighted by atomic mass is 10.0. The number of ether oxygens (including phenoxy) is 2. The van der Waals surface area contributed by atoms with E-state index in [0.29, 0.717) is 6.42 Å². The molecule has 0 radical (unpaired) electrons. The van der Waals surface area contributed by atoms with E-state index in [-0.39, 0.29) is 25.6 Å². The third kappa shape index (κ3) is 43.0. The number of rotatable bonds is 38. The van der Waals surface area contributed by atoms with E-state index < -0.39 is 12.1 Å². The standard InChI is InChI=1S/C51H80O5/c1-3-5-7-9-11-13-15-17-19-20-21-22-23-24-25-26-27-28-29-30-32-34-36-38-40-42-44-46-51(54)56-49(47-52)48-55-50(53)45-43-41-39-37-35-33-31-18-16-14-12-10-8-6-4-2/h5-8,11-14,17-19,21-22,24-25,31,35,37,41,43,49,52H,3-4,9-10,15-16,20,23,26-30,32-34,36,38-40,42,44-48H2,1-2H3/b7-5-,8-6-,13-11-,14-12-,19-17-,22-21-,25-24-,31-18-,37-35-,43-41-. The minimum Gasteiger partial charge on any atom is -0.461 e. The Labute approximate surface area is 343 Å². The number of aliphatic hydroxyl groups excluding tert-OH is 1. The molecule has 0 aliphatic carbocycles. The third-order valence-electron chi connectivity index (χ3n) is 8.78. The van der Waals surface area contributed by atoms with Crippen LogP contribution in [0.5, 0.6) is 0 Å². The van der Waals surface area contributed by atoms with Crippen LogP contribution >= 0.6 is 0 Å². The summed E-state index contributed by atoms with van der Waals surface area (Å²) in [4.78, 5) is 24.3. The summed E-state index contributed by atoms with van der Waals surface area (Å²) in [6, 6.07) is 0. The van der Waals surface area contributed by atoms with Crippen LogP contribution in [0.15, 0.2) is 122 Å². The van der Waals surface area contributed by atoms with Crippen LogP contribution in [0.4, 0.5) is 0 Å². The van der Waals surface area contributed by atoms with Crippen molar-refractivity contribution in [2.75, 3.05) is 13.2 Å². The van der Waals surface area contributed by atoms with Gasteiger partial charge >= 0.3 is 11.9 Å². The fourth-order valence-corrected chi connectivity index (χ4v) is 5.54. The first-order valence-electron chi connectivity index (χ1n) is 22.1. The van der Waals surface area contributed by atoms with Crippen molar-refractivity contribution in [1.29, 1.82) is 0 Å². The highest BCUT2D eigenvalue weighted by Crippen LogP contribution is 2.13. The predicted octanol–water partition coefficient (Wildman–Crippen LogP) is 14.4. The molecule has 0 amide bonds. The lowest BCUT2D eigenvalue weighted by molar-refractivity contribution is -0.161. The van der Waals surface area contributed by atoms with Crippen LogP contribution in [0, 0.1) is 0 Å². The Kier molecular flexibility index (Phi) is 42.7. The summed E-state index contributed by atoms with van der Waals surface area (Å²) in [7, 11) is 0. The van der Waals surface area contributed by atoms with Gasteiger partial charge in [0.2, 0.25) is 0 Å². The van der Waals surface area contributed by atoms with Crippen molar-refractivity contribution >= 4 is 11.9 Å². The predicted molar refractivity (Wildman–Crippen MR) is 241 cm³/mol. The first-order valence-corrected chi connectivity index (χ1v) is 22.1. The second kappa shape index (κ2) is 45.7. The molecule has 1 unspecified atom stereocenters. The van der Waals surface area contributed by atoms with Gasteiger partial charge in [0.05, 0.1) is 13.0 Å². The minimum atomic E-state index is -0.821. The largest absolute Gasteiger partial charge is 0.461 e. The summed E-state index contributed by atoms with van der Waals surface area (Å²) in [6.45, 7) is 3.80. The summed E-state index contributed by atoms with van der Waals surface area (Å²) in [5.41, 5.74) is 0. The quantitative estimate of drug-likeness (QED) is 0.0384. The zero-order valence-corrected chi connectivity index (χ0v) is 35.6. The molecule has 0 saturated heterocycles. The molecule has 0 saturated carbocycles. The smallest absolute Gasteiger partial charge is 0.309 e. The summed E-state index contributed by atoms with van der Waals surface area (Å²) in [5.74, 6) is -0.752. The molecule has 5 nitrogen and oxygen atoms in total. The summed E-state index contributed by atoms with van der Waals surface area (Å²) in [5, 5.41) is 9.57. The van der Waals surface area contributed by atoms with Crippen LogP contribution in [-0.2, 0) is 19.1 Å². The van der Waals surface area contributed by atoms with Crippen LogP contribution < -0.4 is 0 Å². The topological polar surface area (TPSA) is 72.8 Å². The van der Waals surface area contributed by atoms with Gasteiger partial charge in [-0.2, -0.15) is 0 Å². The van der Waals surface area contributed by atoms with Gasteiger partial charge in [-0.1, -0.05) is 193 Å². The van der Waals surface area contributed by atoms with Crippen molar-refractivity contribution < 1.29 is 24.2 Å². The molecule has 0 aromatic rings. The van der Waals surface area contributed by atoms with E-state index in [0.717, 1.165) is 83.5 Å². The Hall–Kier alpha value is -3.70. The second-order valence-electron chi connectivity index (χ2n) is 14.0.